The fourth-order valence-corrected chi connectivity index (χ4v) is 3.04. The van der Waals surface area contributed by atoms with Crippen LogP contribution in [-0.4, -0.2) is 60.5 Å². The summed E-state index contributed by atoms with van der Waals surface area (Å²) in [5.41, 5.74) is 0.578. The van der Waals surface area contributed by atoms with Crippen LogP contribution in [0, 0.1) is 5.41 Å². The van der Waals surface area contributed by atoms with Crippen LogP contribution in [0.3, 0.4) is 0 Å². The zero-order valence-electron chi connectivity index (χ0n) is 16.5. The minimum Gasteiger partial charge on any atom is -0.354 e. The summed E-state index contributed by atoms with van der Waals surface area (Å²) >= 11 is 0. The van der Waals surface area contributed by atoms with E-state index in [1.54, 1.807) is 0 Å². The summed E-state index contributed by atoms with van der Waals surface area (Å²) in [6.45, 7) is 17.6. The maximum absolute atomic E-state index is 12.1. The monoisotopic (exact) mass is 325 g/mol. The number of piperazine rings is 1. The zero-order valence-corrected chi connectivity index (χ0v) is 16.5. The molecule has 0 bridgehead atoms. The van der Waals surface area contributed by atoms with Crippen molar-refractivity contribution in [2.45, 2.75) is 78.8 Å². The van der Waals surface area contributed by atoms with E-state index in [9.17, 15) is 4.79 Å². The molecule has 4 heteroatoms. The van der Waals surface area contributed by atoms with Crippen molar-refractivity contribution >= 4 is 5.91 Å². The molecule has 23 heavy (non-hydrogen) atoms. The Hall–Kier alpha value is -0.610. The summed E-state index contributed by atoms with van der Waals surface area (Å²) in [6, 6.07) is 0.418. The van der Waals surface area contributed by atoms with Gasteiger partial charge >= 0.3 is 0 Å². The quantitative estimate of drug-likeness (QED) is 0.762. The van der Waals surface area contributed by atoms with Gasteiger partial charge in [-0.15, -0.1) is 0 Å². The minimum atomic E-state index is 0.205. The van der Waals surface area contributed by atoms with E-state index in [4.69, 9.17) is 0 Å². The molecule has 136 valence electrons. The molecule has 0 saturated carbocycles. The van der Waals surface area contributed by atoms with Gasteiger partial charge in [0.2, 0.25) is 5.91 Å². The van der Waals surface area contributed by atoms with Crippen LogP contribution in [0.1, 0.15) is 67.2 Å². The van der Waals surface area contributed by atoms with Crippen molar-refractivity contribution in [1.29, 1.82) is 0 Å². The minimum absolute atomic E-state index is 0.205. The normalized spacial score (nSPS) is 21.4. The lowest BCUT2D eigenvalue weighted by Gasteiger charge is -2.45. The van der Waals surface area contributed by atoms with Crippen LogP contribution >= 0.6 is 0 Å². The highest BCUT2D eigenvalue weighted by molar-refractivity contribution is 5.75. The van der Waals surface area contributed by atoms with Crippen molar-refractivity contribution in [1.82, 2.24) is 15.1 Å². The molecular formula is C19H39N3O. The highest BCUT2D eigenvalue weighted by Gasteiger charge is 2.30. The van der Waals surface area contributed by atoms with Crippen molar-refractivity contribution in [3.8, 4) is 0 Å². The topological polar surface area (TPSA) is 35.6 Å². The number of amides is 1. The number of hydrogen-bond acceptors (Lipinski definition) is 3. The molecule has 0 spiro atoms. The standard InChI is InChI=1S/C19H39N3O/c1-18(2,3)11-9-8-10-17(23)20-14-16-15-22(19(4,5)6)13-12-21(16)7/h16H,8-15H2,1-7H3,(H,20,23). The molecule has 1 rings (SSSR count). The van der Waals surface area contributed by atoms with E-state index in [2.05, 4.69) is 63.7 Å². The number of hydrogen-bond donors (Lipinski definition) is 1. The number of carbonyl (C=O) groups is 1. The Morgan fingerprint density at radius 3 is 2.30 bits per heavy atom. The molecule has 1 saturated heterocycles. The van der Waals surface area contributed by atoms with Crippen molar-refractivity contribution in [3.63, 3.8) is 0 Å². The SMILES string of the molecule is CN1CCN(C(C)(C)C)CC1CNC(=O)CCCCC(C)(C)C. The molecule has 1 aliphatic heterocycles. The Labute approximate surface area is 144 Å². The molecular weight excluding hydrogens is 286 g/mol. The molecule has 1 heterocycles. The van der Waals surface area contributed by atoms with Gasteiger partial charge in [0.05, 0.1) is 0 Å². The second kappa shape index (κ2) is 8.48. The summed E-state index contributed by atoms with van der Waals surface area (Å²) in [7, 11) is 2.17. The van der Waals surface area contributed by atoms with E-state index in [0.29, 0.717) is 17.9 Å². The number of rotatable bonds is 6. The van der Waals surface area contributed by atoms with Crippen molar-refractivity contribution in [3.05, 3.63) is 0 Å². The lowest BCUT2D eigenvalue weighted by Crippen LogP contribution is -2.59. The van der Waals surface area contributed by atoms with Gasteiger partial charge in [-0.25, -0.2) is 0 Å². The van der Waals surface area contributed by atoms with E-state index in [1.165, 1.54) is 6.42 Å². The summed E-state index contributed by atoms with van der Waals surface area (Å²) < 4.78 is 0. The Morgan fingerprint density at radius 2 is 1.74 bits per heavy atom. The first kappa shape index (κ1) is 20.4. The summed E-state index contributed by atoms with van der Waals surface area (Å²) in [5.74, 6) is 0.209. The Morgan fingerprint density at radius 1 is 1.09 bits per heavy atom. The fraction of sp³-hybridized carbons (Fsp3) is 0.947. The van der Waals surface area contributed by atoms with Crippen molar-refractivity contribution in [2.24, 2.45) is 5.41 Å². The number of nitrogens with zero attached hydrogens (tertiary/aromatic N) is 2. The van der Waals surface area contributed by atoms with Crippen LogP contribution in [0.15, 0.2) is 0 Å². The van der Waals surface area contributed by atoms with E-state index in [1.807, 2.05) is 0 Å². The Kier molecular flexibility index (Phi) is 7.53. The summed E-state index contributed by atoms with van der Waals surface area (Å²) in [4.78, 5) is 17.0. The van der Waals surface area contributed by atoms with Crippen molar-refractivity contribution in [2.75, 3.05) is 33.2 Å². The van der Waals surface area contributed by atoms with E-state index in [0.717, 1.165) is 39.0 Å². The largest absolute Gasteiger partial charge is 0.354 e. The number of carbonyl (C=O) groups excluding carboxylic acids is 1. The maximum Gasteiger partial charge on any atom is 0.220 e. The molecule has 0 aliphatic carbocycles. The first-order valence-electron chi connectivity index (χ1n) is 9.21. The second-order valence-corrected chi connectivity index (χ2v) is 9.32. The molecule has 1 unspecified atom stereocenters. The van der Waals surface area contributed by atoms with Gasteiger partial charge in [-0.3, -0.25) is 14.6 Å². The van der Waals surface area contributed by atoms with Gasteiger partial charge in [0.1, 0.15) is 0 Å². The summed E-state index contributed by atoms with van der Waals surface area (Å²) in [6.07, 6.45) is 3.98. The highest BCUT2D eigenvalue weighted by Crippen LogP contribution is 2.22. The Balaban J connectivity index is 2.28. The van der Waals surface area contributed by atoms with Gasteiger partial charge in [-0.1, -0.05) is 27.2 Å². The molecule has 1 amide bonds. The molecule has 0 radical (unpaired) electrons. The van der Waals surface area contributed by atoms with Crippen LogP contribution in [0.25, 0.3) is 0 Å². The molecule has 1 N–H and O–H groups in total. The third-order valence-electron chi connectivity index (χ3n) is 4.84. The molecule has 1 aliphatic rings. The average Bonchev–Trinajstić information content (AvgIpc) is 2.40. The molecule has 1 atom stereocenters. The van der Waals surface area contributed by atoms with Gasteiger partial charge < -0.3 is 5.32 Å². The van der Waals surface area contributed by atoms with Crippen molar-refractivity contribution < 1.29 is 4.79 Å². The van der Waals surface area contributed by atoms with Crippen LogP contribution in [0.4, 0.5) is 0 Å². The van der Waals surface area contributed by atoms with E-state index in [-0.39, 0.29) is 11.4 Å². The lowest BCUT2D eigenvalue weighted by molar-refractivity contribution is -0.121. The van der Waals surface area contributed by atoms with E-state index < -0.39 is 0 Å². The first-order valence-corrected chi connectivity index (χ1v) is 9.21. The molecule has 4 nitrogen and oxygen atoms in total. The predicted octanol–water partition coefficient (Wildman–Crippen LogP) is 3.12. The third kappa shape index (κ3) is 8.16. The molecule has 0 aromatic rings. The fourth-order valence-electron chi connectivity index (χ4n) is 3.04. The number of likely N-dealkylation sites (N-methyl/N-ethyl adjacent to an activating group) is 1. The molecule has 0 aromatic carbocycles. The van der Waals surface area contributed by atoms with Crippen LogP contribution < -0.4 is 5.32 Å². The lowest BCUT2D eigenvalue weighted by atomic mass is 9.89. The van der Waals surface area contributed by atoms with Crippen LogP contribution in [-0.2, 0) is 4.79 Å². The molecule has 0 aromatic heterocycles. The maximum atomic E-state index is 12.1. The zero-order chi connectivity index (χ0) is 17.7. The summed E-state index contributed by atoms with van der Waals surface area (Å²) in [5, 5.41) is 3.15. The predicted molar refractivity (Wildman–Crippen MR) is 98.7 cm³/mol. The van der Waals surface area contributed by atoms with E-state index >= 15 is 0 Å². The first-order chi connectivity index (χ1) is 10.5. The smallest absolute Gasteiger partial charge is 0.220 e. The van der Waals surface area contributed by atoms with Gasteiger partial charge in [0.25, 0.3) is 0 Å². The third-order valence-corrected chi connectivity index (χ3v) is 4.84. The van der Waals surface area contributed by atoms with Gasteiger partial charge in [-0.2, -0.15) is 0 Å². The Bertz CT molecular complexity index is 368. The number of unbranched alkanes of at least 4 members (excludes halogenated alkanes) is 1. The average molecular weight is 326 g/mol. The van der Waals surface area contributed by atoms with Crippen LogP contribution in [0.5, 0.6) is 0 Å². The number of nitrogens with one attached hydrogen (secondary N) is 1. The molecule has 1 fully saturated rings. The van der Waals surface area contributed by atoms with Crippen LogP contribution in [0.2, 0.25) is 0 Å². The second-order valence-electron chi connectivity index (χ2n) is 9.32. The van der Waals surface area contributed by atoms with Gasteiger partial charge in [0, 0.05) is 44.2 Å². The van der Waals surface area contributed by atoms with Gasteiger partial charge in [-0.05, 0) is 46.1 Å². The van der Waals surface area contributed by atoms with Gasteiger partial charge in [0.15, 0.2) is 0 Å². The highest BCUT2D eigenvalue weighted by atomic mass is 16.1.